The number of carbonyl (C=O) groups excluding carboxylic acids is 1. The van der Waals surface area contributed by atoms with Gasteiger partial charge in [0.1, 0.15) is 5.75 Å². The van der Waals surface area contributed by atoms with Gasteiger partial charge < -0.3 is 15.0 Å². The van der Waals surface area contributed by atoms with Crippen LogP contribution in [0.3, 0.4) is 0 Å². The number of nitrogens with zero attached hydrogens (tertiary/aromatic N) is 1. The Hall–Kier alpha value is -2.34. The van der Waals surface area contributed by atoms with Crippen LogP contribution in [-0.2, 0) is 11.2 Å². The first-order valence-corrected chi connectivity index (χ1v) is 7.53. The average Bonchev–Trinajstić information content (AvgIpc) is 2.48. The van der Waals surface area contributed by atoms with Crippen molar-refractivity contribution in [2.45, 2.75) is 13.0 Å². The molecule has 7 heteroatoms. The van der Waals surface area contributed by atoms with Gasteiger partial charge in [0, 0.05) is 19.8 Å². The number of amides is 1. The van der Waals surface area contributed by atoms with Gasteiger partial charge in [0.05, 0.1) is 17.1 Å². The smallest absolute Gasteiger partial charge is 0.387 e. The molecule has 4 nitrogen and oxygen atoms in total. The molecule has 0 saturated carbocycles. The molecule has 0 spiro atoms. The number of hydrogen-bond donors (Lipinski definition) is 1. The van der Waals surface area contributed by atoms with Crippen LogP contribution in [0.1, 0.15) is 5.56 Å². The van der Waals surface area contributed by atoms with E-state index < -0.39 is 6.61 Å². The summed E-state index contributed by atoms with van der Waals surface area (Å²) in [5.41, 5.74) is 2.13. The number of anilines is 2. The zero-order valence-corrected chi connectivity index (χ0v) is 14.0. The third-order valence-electron chi connectivity index (χ3n) is 3.23. The van der Waals surface area contributed by atoms with Gasteiger partial charge in [0.2, 0.25) is 5.91 Å². The first-order valence-electron chi connectivity index (χ1n) is 7.15. The Labute approximate surface area is 144 Å². The number of hydrogen-bond acceptors (Lipinski definition) is 3. The van der Waals surface area contributed by atoms with E-state index in [4.69, 9.17) is 11.6 Å². The second-order valence-corrected chi connectivity index (χ2v) is 5.72. The molecule has 0 aromatic heterocycles. The van der Waals surface area contributed by atoms with Crippen LogP contribution in [0.5, 0.6) is 5.75 Å². The number of nitrogens with one attached hydrogen (secondary N) is 1. The number of ether oxygens (including phenoxy) is 1. The maximum Gasteiger partial charge on any atom is 0.387 e. The van der Waals surface area contributed by atoms with Crippen molar-refractivity contribution in [2.24, 2.45) is 0 Å². The lowest BCUT2D eigenvalue weighted by molar-refractivity contribution is -0.115. The Morgan fingerprint density at radius 2 is 1.88 bits per heavy atom. The van der Waals surface area contributed by atoms with E-state index >= 15 is 0 Å². The van der Waals surface area contributed by atoms with Crippen molar-refractivity contribution in [1.82, 2.24) is 0 Å². The SMILES string of the molecule is CN(C)c1ccc(NC(=O)Cc2ccc(OC(F)F)cc2)cc1Cl. The van der Waals surface area contributed by atoms with Crippen LogP contribution in [0, 0.1) is 0 Å². The van der Waals surface area contributed by atoms with Crippen LogP contribution in [0.15, 0.2) is 42.5 Å². The van der Waals surface area contributed by atoms with Crippen molar-refractivity contribution in [3.63, 3.8) is 0 Å². The molecule has 128 valence electrons. The largest absolute Gasteiger partial charge is 0.435 e. The summed E-state index contributed by atoms with van der Waals surface area (Å²) in [5, 5.41) is 3.28. The van der Waals surface area contributed by atoms with Crippen LogP contribution in [0.4, 0.5) is 20.2 Å². The van der Waals surface area contributed by atoms with Gasteiger partial charge in [-0.25, -0.2) is 0 Å². The Bertz CT molecular complexity index is 706. The van der Waals surface area contributed by atoms with Crippen LogP contribution < -0.4 is 15.0 Å². The number of rotatable bonds is 6. The van der Waals surface area contributed by atoms with Gasteiger partial charge in [-0.1, -0.05) is 23.7 Å². The molecule has 1 N–H and O–H groups in total. The number of halogens is 3. The summed E-state index contributed by atoms with van der Waals surface area (Å²) in [6.07, 6.45) is 0.113. The third kappa shape index (κ3) is 5.09. The zero-order valence-electron chi connectivity index (χ0n) is 13.2. The molecule has 0 radical (unpaired) electrons. The second-order valence-electron chi connectivity index (χ2n) is 5.31. The van der Waals surface area contributed by atoms with Gasteiger partial charge in [-0.2, -0.15) is 8.78 Å². The molecule has 0 fully saturated rings. The minimum absolute atomic E-state index is 0.0558. The van der Waals surface area contributed by atoms with E-state index in [1.807, 2.05) is 25.1 Å². The molecule has 1 amide bonds. The van der Waals surface area contributed by atoms with Crippen LogP contribution in [0.25, 0.3) is 0 Å². The predicted molar refractivity (Wildman–Crippen MR) is 91.2 cm³/mol. The van der Waals surface area contributed by atoms with Gasteiger partial charge in [0.25, 0.3) is 0 Å². The van der Waals surface area contributed by atoms with E-state index in [0.29, 0.717) is 16.3 Å². The summed E-state index contributed by atoms with van der Waals surface area (Å²) in [5.74, 6) is -0.175. The molecule has 2 rings (SSSR count). The Morgan fingerprint density at radius 3 is 2.42 bits per heavy atom. The van der Waals surface area contributed by atoms with E-state index in [-0.39, 0.29) is 18.1 Å². The molecule has 0 atom stereocenters. The lowest BCUT2D eigenvalue weighted by Gasteiger charge is -2.15. The predicted octanol–water partition coefficient (Wildman–Crippen LogP) is 4.19. The van der Waals surface area contributed by atoms with E-state index in [1.165, 1.54) is 12.1 Å². The fourth-order valence-electron chi connectivity index (χ4n) is 2.13. The molecule has 0 aliphatic rings. The topological polar surface area (TPSA) is 41.6 Å². The van der Waals surface area contributed by atoms with Crippen molar-refractivity contribution in [1.29, 1.82) is 0 Å². The minimum Gasteiger partial charge on any atom is -0.435 e. The van der Waals surface area contributed by atoms with E-state index in [0.717, 1.165) is 5.69 Å². The monoisotopic (exact) mass is 354 g/mol. The van der Waals surface area contributed by atoms with Crippen molar-refractivity contribution in [2.75, 3.05) is 24.3 Å². The lowest BCUT2D eigenvalue weighted by Crippen LogP contribution is -2.15. The molecule has 0 bridgehead atoms. The standard InChI is InChI=1S/C17H17ClF2N2O2/c1-22(2)15-8-5-12(10-14(15)18)21-16(23)9-11-3-6-13(7-4-11)24-17(19)20/h3-8,10,17H,9H2,1-2H3,(H,21,23). The highest BCUT2D eigenvalue weighted by atomic mass is 35.5. The van der Waals surface area contributed by atoms with Crippen molar-refractivity contribution in [3.8, 4) is 5.75 Å². The highest BCUT2D eigenvalue weighted by molar-refractivity contribution is 6.33. The fourth-order valence-corrected chi connectivity index (χ4v) is 2.48. The van der Waals surface area contributed by atoms with Crippen molar-refractivity contribution < 1.29 is 18.3 Å². The summed E-state index contributed by atoms with van der Waals surface area (Å²) in [4.78, 5) is 13.9. The second kappa shape index (κ2) is 7.97. The molecule has 0 aliphatic carbocycles. The molecule has 0 heterocycles. The van der Waals surface area contributed by atoms with E-state index in [2.05, 4.69) is 10.1 Å². The summed E-state index contributed by atoms with van der Waals surface area (Å²) < 4.78 is 28.4. The molecular weight excluding hydrogens is 338 g/mol. The van der Waals surface area contributed by atoms with E-state index in [1.54, 1.807) is 24.3 Å². The fraction of sp³-hybridized carbons (Fsp3) is 0.235. The van der Waals surface area contributed by atoms with Gasteiger partial charge in [-0.3, -0.25) is 4.79 Å². The van der Waals surface area contributed by atoms with Crippen molar-refractivity contribution in [3.05, 3.63) is 53.1 Å². The van der Waals surface area contributed by atoms with Crippen molar-refractivity contribution >= 4 is 28.9 Å². The highest BCUT2D eigenvalue weighted by Gasteiger charge is 2.09. The van der Waals surface area contributed by atoms with Gasteiger partial charge in [0.15, 0.2) is 0 Å². The van der Waals surface area contributed by atoms with Gasteiger partial charge in [-0.05, 0) is 35.9 Å². The summed E-state index contributed by atoms with van der Waals surface area (Å²) in [6.45, 7) is -2.87. The molecule has 0 saturated heterocycles. The van der Waals surface area contributed by atoms with Gasteiger partial charge >= 0.3 is 6.61 Å². The Balaban J connectivity index is 1.97. The summed E-state index contributed by atoms with van der Waals surface area (Å²) in [7, 11) is 3.75. The first kappa shape index (κ1) is 18.0. The molecular formula is C17H17ClF2N2O2. The first-order chi connectivity index (χ1) is 11.3. The molecule has 0 aliphatic heterocycles. The molecule has 2 aromatic rings. The zero-order chi connectivity index (χ0) is 17.7. The third-order valence-corrected chi connectivity index (χ3v) is 3.53. The van der Waals surface area contributed by atoms with Crippen LogP contribution >= 0.6 is 11.6 Å². The summed E-state index contributed by atoms with van der Waals surface area (Å²) >= 11 is 6.16. The number of benzene rings is 2. The molecule has 0 unspecified atom stereocenters. The highest BCUT2D eigenvalue weighted by Crippen LogP contribution is 2.27. The quantitative estimate of drug-likeness (QED) is 0.845. The number of carbonyl (C=O) groups is 1. The number of alkyl halides is 2. The van der Waals surface area contributed by atoms with Crippen LogP contribution in [0.2, 0.25) is 5.02 Å². The van der Waals surface area contributed by atoms with Gasteiger partial charge in [-0.15, -0.1) is 0 Å². The molecule has 2 aromatic carbocycles. The van der Waals surface area contributed by atoms with E-state index in [9.17, 15) is 13.6 Å². The normalized spacial score (nSPS) is 10.6. The minimum atomic E-state index is -2.87. The maximum atomic E-state index is 12.1. The lowest BCUT2D eigenvalue weighted by atomic mass is 10.1. The maximum absolute atomic E-state index is 12.1. The molecule has 24 heavy (non-hydrogen) atoms. The Kier molecular flexibility index (Phi) is 5.98. The van der Waals surface area contributed by atoms with Crippen LogP contribution in [-0.4, -0.2) is 26.6 Å². The Morgan fingerprint density at radius 1 is 1.21 bits per heavy atom. The summed E-state index contributed by atoms with van der Waals surface area (Å²) in [6, 6.07) is 11.2. The average molecular weight is 355 g/mol.